The monoisotopic (exact) mass is 250 g/mol. The summed E-state index contributed by atoms with van der Waals surface area (Å²) in [6.07, 6.45) is 0.104. The topological polar surface area (TPSA) is 50.4 Å². The van der Waals surface area contributed by atoms with Crippen LogP contribution in [0.3, 0.4) is 0 Å². The predicted octanol–water partition coefficient (Wildman–Crippen LogP) is 1.81. The zero-order chi connectivity index (χ0) is 13.5. The molecule has 0 fully saturated rings. The highest BCUT2D eigenvalue weighted by atomic mass is 16.5. The molecule has 1 rings (SSSR count). The highest BCUT2D eigenvalue weighted by Gasteiger charge is 2.08. The summed E-state index contributed by atoms with van der Waals surface area (Å²) in [5.74, 6) is 0.644. The molecule has 0 aliphatic rings. The molecule has 1 unspecified atom stereocenters. The smallest absolute Gasteiger partial charge is 0.251 e. The van der Waals surface area contributed by atoms with Gasteiger partial charge in [-0.1, -0.05) is 6.07 Å². The van der Waals surface area contributed by atoms with Crippen LogP contribution in [0.15, 0.2) is 24.3 Å². The summed E-state index contributed by atoms with van der Waals surface area (Å²) in [5.41, 5.74) is 0.622. The molecule has 0 saturated carbocycles. The highest BCUT2D eigenvalue weighted by Crippen LogP contribution is 2.14. The van der Waals surface area contributed by atoms with Crippen LogP contribution < -0.4 is 15.4 Å². The van der Waals surface area contributed by atoms with Gasteiger partial charge in [-0.25, -0.2) is 0 Å². The van der Waals surface area contributed by atoms with E-state index < -0.39 is 0 Å². The third-order valence-corrected chi connectivity index (χ3v) is 2.53. The maximum atomic E-state index is 11.9. The van der Waals surface area contributed by atoms with Gasteiger partial charge in [0.2, 0.25) is 0 Å². The molecular formula is C14H22N2O2. The van der Waals surface area contributed by atoms with Gasteiger partial charge in [-0.15, -0.1) is 0 Å². The van der Waals surface area contributed by atoms with Gasteiger partial charge < -0.3 is 15.4 Å². The number of carbonyl (C=O) groups excluding carboxylic acids is 1. The second-order valence-corrected chi connectivity index (χ2v) is 4.59. The number of carbonyl (C=O) groups is 1. The number of likely N-dealkylation sites (N-methyl/N-ethyl adjacent to an activating group) is 1. The molecule has 2 N–H and O–H groups in total. The Morgan fingerprint density at radius 3 is 2.67 bits per heavy atom. The quantitative estimate of drug-likeness (QED) is 0.809. The highest BCUT2D eigenvalue weighted by molar-refractivity contribution is 5.94. The maximum Gasteiger partial charge on any atom is 0.251 e. The first-order valence-electron chi connectivity index (χ1n) is 6.25. The molecule has 100 valence electrons. The van der Waals surface area contributed by atoms with Crippen LogP contribution in [0.5, 0.6) is 5.75 Å². The Morgan fingerprint density at radius 1 is 1.33 bits per heavy atom. The van der Waals surface area contributed by atoms with Crippen LogP contribution in [0.1, 0.15) is 31.1 Å². The van der Waals surface area contributed by atoms with Gasteiger partial charge in [0.1, 0.15) is 5.75 Å². The van der Waals surface area contributed by atoms with Crippen molar-refractivity contribution >= 4 is 5.91 Å². The summed E-state index contributed by atoms with van der Waals surface area (Å²) in [6.45, 7) is 6.53. The number of ether oxygens (including phenoxy) is 1. The van der Waals surface area contributed by atoms with Crippen molar-refractivity contribution in [3.05, 3.63) is 29.8 Å². The molecule has 4 heteroatoms. The third-order valence-electron chi connectivity index (χ3n) is 2.53. The Kier molecular flexibility index (Phi) is 5.65. The molecule has 0 aliphatic carbocycles. The first-order valence-corrected chi connectivity index (χ1v) is 6.25. The summed E-state index contributed by atoms with van der Waals surface area (Å²) in [6, 6.07) is 7.48. The van der Waals surface area contributed by atoms with Crippen molar-refractivity contribution in [2.45, 2.75) is 32.9 Å². The normalized spacial score (nSPS) is 12.3. The number of hydrogen-bond acceptors (Lipinski definition) is 3. The second-order valence-electron chi connectivity index (χ2n) is 4.59. The van der Waals surface area contributed by atoms with E-state index >= 15 is 0 Å². The zero-order valence-corrected chi connectivity index (χ0v) is 11.5. The fourth-order valence-electron chi connectivity index (χ4n) is 1.43. The van der Waals surface area contributed by atoms with Gasteiger partial charge in [0.25, 0.3) is 5.91 Å². The molecule has 18 heavy (non-hydrogen) atoms. The maximum absolute atomic E-state index is 11.9. The van der Waals surface area contributed by atoms with Crippen LogP contribution in [0.2, 0.25) is 0 Å². The van der Waals surface area contributed by atoms with Crippen LogP contribution in [-0.4, -0.2) is 31.6 Å². The van der Waals surface area contributed by atoms with Crippen molar-refractivity contribution in [1.82, 2.24) is 10.6 Å². The Bertz CT molecular complexity index is 391. The van der Waals surface area contributed by atoms with E-state index in [0.29, 0.717) is 12.1 Å². The number of rotatable bonds is 6. The number of nitrogens with one attached hydrogen (secondary N) is 2. The van der Waals surface area contributed by atoms with Crippen molar-refractivity contribution < 1.29 is 9.53 Å². The fraction of sp³-hybridized carbons (Fsp3) is 0.500. The predicted molar refractivity (Wildman–Crippen MR) is 73.1 cm³/mol. The van der Waals surface area contributed by atoms with Gasteiger partial charge in [-0.3, -0.25) is 4.79 Å². The molecule has 0 spiro atoms. The van der Waals surface area contributed by atoms with Gasteiger partial charge in [-0.05, 0) is 46.0 Å². The second kappa shape index (κ2) is 7.01. The SMILES string of the molecule is CNC(C)CNC(=O)c1cccc(OC(C)C)c1. The number of hydrogen-bond donors (Lipinski definition) is 2. The van der Waals surface area contributed by atoms with E-state index in [-0.39, 0.29) is 18.1 Å². The Morgan fingerprint density at radius 2 is 2.06 bits per heavy atom. The minimum absolute atomic E-state index is 0.0775. The van der Waals surface area contributed by atoms with Crippen LogP contribution in [0, 0.1) is 0 Å². The molecule has 1 atom stereocenters. The summed E-state index contributed by atoms with van der Waals surface area (Å²) >= 11 is 0. The van der Waals surface area contributed by atoms with Gasteiger partial charge in [-0.2, -0.15) is 0 Å². The van der Waals surface area contributed by atoms with Gasteiger partial charge >= 0.3 is 0 Å². The van der Waals surface area contributed by atoms with E-state index in [1.807, 2.05) is 40.0 Å². The zero-order valence-electron chi connectivity index (χ0n) is 11.5. The summed E-state index contributed by atoms with van der Waals surface area (Å²) < 4.78 is 5.56. The van der Waals surface area contributed by atoms with Crippen molar-refractivity contribution in [2.24, 2.45) is 0 Å². The lowest BCUT2D eigenvalue weighted by Gasteiger charge is -2.13. The van der Waals surface area contributed by atoms with Crippen molar-refractivity contribution in [2.75, 3.05) is 13.6 Å². The Balaban J connectivity index is 2.62. The molecule has 4 nitrogen and oxygen atoms in total. The van der Waals surface area contributed by atoms with Gasteiger partial charge in [0.05, 0.1) is 6.10 Å². The van der Waals surface area contributed by atoms with E-state index in [1.54, 1.807) is 12.1 Å². The number of amides is 1. The summed E-state index contributed by atoms with van der Waals surface area (Å²) in [4.78, 5) is 11.9. The van der Waals surface area contributed by atoms with E-state index in [0.717, 1.165) is 5.75 Å². The molecule has 1 aromatic carbocycles. The third kappa shape index (κ3) is 4.75. The molecule has 0 saturated heterocycles. The van der Waals surface area contributed by atoms with Gasteiger partial charge in [0, 0.05) is 18.2 Å². The average molecular weight is 250 g/mol. The van der Waals surface area contributed by atoms with E-state index in [4.69, 9.17) is 4.74 Å². The average Bonchev–Trinajstić information content (AvgIpc) is 2.35. The first kappa shape index (κ1) is 14.5. The van der Waals surface area contributed by atoms with Crippen LogP contribution in [-0.2, 0) is 0 Å². The van der Waals surface area contributed by atoms with Crippen molar-refractivity contribution in [3.8, 4) is 5.75 Å². The van der Waals surface area contributed by atoms with E-state index in [1.165, 1.54) is 0 Å². The van der Waals surface area contributed by atoms with E-state index in [2.05, 4.69) is 10.6 Å². The molecule has 0 aromatic heterocycles. The minimum atomic E-state index is -0.0775. The minimum Gasteiger partial charge on any atom is -0.491 e. The molecule has 0 heterocycles. The van der Waals surface area contributed by atoms with Crippen molar-refractivity contribution in [3.63, 3.8) is 0 Å². The molecule has 0 radical (unpaired) electrons. The van der Waals surface area contributed by atoms with Crippen molar-refractivity contribution in [1.29, 1.82) is 0 Å². The lowest BCUT2D eigenvalue weighted by atomic mass is 10.2. The molecule has 0 bridgehead atoms. The van der Waals surface area contributed by atoms with Gasteiger partial charge in [0.15, 0.2) is 0 Å². The molecule has 1 aromatic rings. The molecule has 1 amide bonds. The largest absolute Gasteiger partial charge is 0.491 e. The molecular weight excluding hydrogens is 228 g/mol. The Hall–Kier alpha value is -1.55. The van der Waals surface area contributed by atoms with E-state index in [9.17, 15) is 4.79 Å². The lowest BCUT2D eigenvalue weighted by molar-refractivity contribution is 0.0950. The summed E-state index contributed by atoms with van der Waals surface area (Å²) in [7, 11) is 1.87. The van der Waals surface area contributed by atoms with Crippen LogP contribution in [0.25, 0.3) is 0 Å². The van der Waals surface area contributed by atoms with Crippen LogP contribution >= 0.6 is 0 Å². The fourth-order valence-corrected chi connectivity index (χ4v) is 1.43. The Labute approximate surface area is 109 Å². The lowest BCUT2D eigenvalue weighted by Crippen LogP contribution is -2.37. The first-order chi connectivity index (χ1) is 8.52. The number of benzene rings is 1. The summed E-state index contributed by atoms with van der Waals surface area (Å²) in [5, 5.41) is 5.94. The molecule has 0 aliphatic heterocycles. The van der Waals surface area contributed by atoms with Crippen LogP contribution in [0.4, 0.5) is 0 Å². The standard InChI is InChI=1S/C14H22N2O2/c1-10(2)18-13-7-5-6-12(8-13)14(17)16-9-11(3)15-4/h5-8,10-11,15H,9H2,1-4H3,(H,16,17).